The summed E-state index contributed by atoms with van der Waals surface area (Å²) < 4.78 is 16.3. The number of ether oxygens (including phenoxy) is 3. The zero-order valence-electron chi connectivity index (χ0n) is 14.2. The number of aromatic nitrogens is 2. The molecule has 0 atom stereocenters. The molecule has 0 spiro atoms. The van der Waals surface area contributed by atoms with Crippen molar-refractivity contribution in [3.05, 3.63) is 42.2 Å². The number of benzene rings is 1. The molecular weight excluding hydrogens is 340 g/mol. The molecule has 25 heavy (non-hydrogen) atoms. The van der Waals surface area contributed by atoms with Crippen LogP contribution in [-0.4, -0.2) is 35.9 Å². The van der Waals surface area contributed by atoms with Gasteiger partial charge in [-0.2, -0.15) is 0 Å². The average molecular weight is 358 g/mol. The van der Waals surface area contributed by atoms with E-state index in [4.69, 9.17) is 14.2 Å². The van der Waals surface area contributed by atoms with Crippen LogP contribution < -0.4 is 9.47 Å². The topological polar surface area (TPSA) is 73.4 Å². The van der Waals surface area contributed by atoms with E-state index in [2.05, 4.69) is 9.97 Å². The summed E-state index contributed by atoms with van der Waals surface area (Å²) in [5.74, 6) is 1.41. The summed E-state index contributed by atoms with van der Waals surface area (Å²) in [6.07, 6.45) is 3.64. The van der Waals surface area contributed by atoms with Crippen molar-refractivity contribution in [2.75, 3.05) is 20.0 Å². The minimum Gasteiger partial charge on any atom is -0.492 e. The maximum Gasteiger partial charge on any atom is 0.354 e. The lowest BCUT2D eigenvalue weighted by molar-refractivity contribution is 0.0595. The van der Waals surface area contributed by atoms with Crippen LogP contribution >= 0.6 is 11.8 Å². The Morgan fingerprint density at radius 3 is 2.72 bits per heavy atom. The Morgan fingerprint density at radius 1 is 1.24 bits per heavy atom. The number of pyridine rings is 1. The summed E-state index contributed by atoms with van der Waals surface area (Å²) in [5, 5.41) is 1.72. The number of aromatic amines is 1. The first-order valence-electron chi connectivity index (χ1n) is 7.70. The molecule has 0 aliphatic rings. The molecule has 3 aromatic rings. The van der Waals surface area contributed by atoms with E-state index in [0.29, 0.717) is 29.5 Å². The molecule has 0 radical (unpaired) electrons. The minimum absolute atomic E-state index is 0.363. The fourth-order valence-corrected chi connectivity index (χ4v) is 2.78. The van der Waals surface area contributed by atoms with Gasteiger partial charge in [0.1, 0.15) is 22.9 Å². The first-order chi connectivity index (χ1) is 12.1. The molecule has 2 heterocycles. The Balaban J connectivity index is 1.98. The van der Waals surface area contributed by atoms with Gasteiger partial charge in [0, 0.05) is 11.5 Å². The van der Waals surface area contributed by atoms with Gasteiger partial charge in [-0.15, -0.1) is 11.8 Å². The van der Waals surface area contributed by atoms with Crippen LogP contribution in [0.3, 0.4) is 0 Å². The first-order valence-corrected chi connectivity index (χ1v) is 8.92. The van der Waals surface area contributed by atoms with E-state index in [1.54, 1.807) is 30.1 Å². The normalized spacial score (nSPS) is 10.7. The van der Waals surface area contributed by atoms with E-state index in [-0.39, 0.29) is 0 Å². The Kier molecular flexibility index (Phi) is 5.14. The Bertz CT molecular complexity index is 890. The van der Waals surface area contributed by atoms with E-state index in [1.165, 1.54) is 7.11 Å². The number of carbonyl (C=O) groups is 1. The van der Waals surface area contributed by atoms with Crippen LogP contribution in [0.2, 0.25) is 0 Å². The fraction of sp³-hybridized carbons (Fsp3) is 0.222. The number of fused-ring (bicyclic) bond motifs is 1. The number of rotatable bonds is 6. The van der Waals surface area contributed by atoms with Crippen molar-refractivity contribution in [2.45, 2.75) is 11.9 Å². The van der Waals surface area contributed by atoms with Crippen LogP contribution in [0.25, 0.3) is 10.9 Å². The number of H-pyrrole nitrogens is 1. The molecule has 0 aliphatic heterocycles. The predicted molar refractivity (Wildman–Crippen MR) is 96.9 cm³/mol. The molecule has 2 aromatic heterocycles. The van der Waals surface area contributed by atoms with Crippen molar-refractivity contribution in [2.24, 2.45) is 0 Å². The lowest BCUT2D eigenvalue weighted by atomic mass is 10.2. The van der Waals surface area contributed by atoms with Gasteiger partial charge < -0.3 is 19.2 Å². The van der Waals surface area contributed by atoms with Crippen LogP contribution in [0.1, 0.15) is 17.4 Å². The molecule has 0 saturated heterocycles. The number of nitrogens with zero attached hydrogens (tertiary/aromatic N) is 1. The summed E-state index contributed by atoms with van der Waals surface area (Å²) in [4.78, 5) is 19.1. The first kappa shape index (κ1) is 17.2. The highest BCUT2D eigenvalue weighted by Crippen LogP contribution is 2.34. The zero-order chi connectivity index (χ0) is 17.8. The number of hydrogen-bond donors (Lipinski definition) is 1. The standard InChI is InChI=1S/C18H18N2O4S/c1-4-23-15-9-13(24-12-5-6-16(25-3)19-10-12)7-11-8-14(18(21)22-2)20-17(11)15/h5-10,20H,4H2,1-3H3. The van der Waals surface area contributed by atoms with Gasteiger partial charge >= 0.3 is 5.97 Å². The fourth-order valence-electron chi connectivity index (χ4n) is 2.42. The van der Waals surface area contributed by atoms with Crippen LogP contribution in [0.4, 0.5) is 0 Å². The predicted octanol–water partition coefficient (Wildman–Crippen LogP) is 4.26. The van der Waals surface area contributed by atoms with E-state index in [1.807, 2.05) is 31.4 Å². The van der Waals surface area contributed by atoms with Crippen molar-refractivity contribution in [3.8, 4) is 17.2 Å². The highest BCUT2D eigenvalue weighted by Gasteiger charge is 2.14. The van der Waals surface area contributed by atoms with Gasteiger partial charge in [0.25, 0.3) is 0 Å². The van der Waals surface area contributed by atoms with Gasteiger partial charge in [-0.25, -0.2) is 9.78 Å². The quantitative estimate of drug-likeness (QED) is 0.524. The van der Waals surface area contributed by atoms with Gasteiger partial charge in [-0.1, -0.05) is 0 Å². The number of methoxy groups -OCH3 is 1. The van der Waals surface area contributed by atoms with Crippen LogP contribution in [-0.2, 0) is 4.74 Å². The van der Waals surface area contributed by atoms with Crippen LogP contribution in [0.5, 0.6) is 17.2 Å². The Labute approximate surface area is 149 Å². The second-order valence-corrected chi connectivity index (χ2v) is 5.96. The summed E-state index contributed by atoms with van der Waals surface area (Å²) in [6.45, 7) is 2.39. The van der Waals surface area contributed by atoms with Crippen molar-refractivity contribution >= 4 is 28.6 Å². The lowest BCUT2D eigenvalue weighted by Crippen LogP contribution is -2.00. The second kappa shape index (κ2) is 7.48. The van der Waals surface area contributed by atoms with Crippen molar-refractivity contribution in [3.63, 3.8) is 0 Å². The molecule has 3 rings (SSSR count). The summed E-state index contributed by atoms with van der Waals surface area (Å²) in [7, 11) is 1.34. The van der Waals surface area contributed by atoms with Gasteiger partial charge in [0.2, 0.25) is 0 Å². The number of nitrogens with one attached hydrogen (secondary N) is 1. The Hall–Kier alpha value is -2.67. The number of thioether (sulfide) groups is 1. The minimum atomic E-state index is -0.432. The van der Waals surface area contributed by atoms with E-state index in [0.717, 1.165) is 15.9 Å². The third kappa shape index (κ3) is 3.71. The third-order valence-corrected chi connectivity index (χ3v) is 4.18. The van der Waals surface area contributed by atoms with E-state index >= 15 is 0 Å². The monoisotopic (exact) mass is 358 g/mol. The molecule has 0 bridgehead atoms. The SMILES string of the molecule is CCOc1cc(Oc2ccc(SC)nc2)cc2cc(C(=O)OC)[nH]c12. The third-order valence-electron chi connectivity index (χ3n) is 3.52. The molecule has 0 aliphatic carbocycles. The van der Waals surface area contributed by atoms with Crippen LogP contribution in [0.15, 0.2) is 41.6 Å². The average Bonchev–Trinajstić information content (AvgIpc) is 3.06. The summed E-state index contributed by atoms with van der Waals surface area (Å²) >= 11 is 1.57. The summed E-state index contributed by atoms with van der Waals surface area (Å²) in [5.41, 5.74) is 1.09. The van der Waals surface area contributed by atoms with Crippen LogP contribution in [0, 0.1) is 0 Å². The molecular formula is C18H18N2O4S. The van der Waals surface area contributed by atoms with Crippen molar-refractivity contribution in [1.82, 2.24) is 9.97 Å². The lowest BCUT2D eigenvalue weighted by Gasteiger charge is -2.10. The van der Waals surface area contributed by atoms with Gasteiger partial charge in [0.05, 0.1) is 30.5 Å². The highest BCUT2D eigenvalue weighted by atomic mass is 32.2. The zero-order valence-corrected chi connectivity index (χ0v) is 15.0. The Morgan fingerprint density at radius 2 is 2.08 bits per heavy atom. The maximum absolute atomic E-state index is 11.8. The van der Waals surface area contributed by atoms with E-state index < -0.39 is 5.97 Å². The van der Waals surface area contributed by atoms with Gasteiger partial charge in [-0.05, 0) is 37.4 Å². The number of carbonyl (C=O) groups excluding carboxylic acids is 1. The van der Waals surface area contributed by atoms with Gasteiger partial charge in [-0.3, -0.25) is 0 Å². The molecule has 7 heteroatoms. The molecule has 1 aromatic carbocycles. The molecule has 1 N–H and O–H groups in total. The maximum atomic E-state index is 11.8. The van der Waals surface area contributed by atoms with E-state index in [9.17, 15) is 4.79 Å². The summed E-state index contributed by atoms with van der Waals surface area (Å²) in [6, 6.07) is 9.09. The molecule has 0 saturated carbocycles. The number of esters is 1. The smallest absolute Gasteiger partial charge is 0.354 e. The molecule has 6 nitrogen and oxygen atoms in total. The van der Waals surface area contributed by atoms with Gasteiger partial charge in [0.15, 0.2) is 0 Å². The molecule has 0 amide bonds. The van der Waals surface area contributed by atoms with Crippen molar-refractivity contribution < 1.29 is 19.0 Å². The molecule has 0 unspecified atom stereocenters. The van der Waals surface area contributed by atoms with Crippen molar-refractivity contribution in [1.29, 1.82) is 0 Å². The number of hydrogen-bond acceptors (Lipinski definition) is 6. The second-order valence-electron chi connectivity index (χ2n) is 5.13. The largest absolute Gasteiger partial charge is 0.492 e. The molecule has 130 valence electrons. The molecule has 0 fully saturated rings. The highest BCUT2D eigenvalue weighted by molar-refractivity contribution is 7.98.